The van der Waals surface area contributed by atoms with Crippen molar-refractivity contribution >= 4 is 41.6 Å². The summed E-state index contributed by atoms with van der Waals surface area (Å²) in [7, 11) is 0. The zero-order valence-electron chi connectivity index (χ0n) is 5.70. The van der Waals surface area contributed by atoms with Crippen LogP contribution in [0, 0.1) is 0 Å². The molecule has 0 spiro atoms. The van der Waals surface area contributed by atoms with E-state index in [1.54, 1.807) is 0 Å². The first kappa shape index (κ1) is 11.6. The maximum Gasteiger partial charge on any atom is 0.323 e. The lowest BCUT2D eigenvalue weighted by molar-refractivity contribution is -0.137. The largest absolute Gasteiger partial charge is 0.480 e. The first-order chi connectivity index (χ1) is 5.11. The Hall–Kier alpha value is -0.450. The van der Waals surface area contributed by atoms with Crippen molar-refractivity contribution in [2.75, 3.05) is 0 Å². The molecule has 0 saturated heterocycles. The Bertz CT molecular complexity index is 286. The van der Waals surface area contributed by atoms with Gasteiger partial charge >= 0.3 is 5.97 Å². The predicted molar refractivity (Wildman–Crippen MR) is 47.1 cm³/mol. The zero-order valence-corrected chi connectivity index (χ0v) is 8.03. The Morgan fingerprint density at radius 3 is 2.58 bits per heavy atom. The minimum atomic E-state index is -0.985. The van der Waals surface area contributed by atoms with Crippen molar-refractivity contribution in [3.05, 3.63) is 16.6 Å². The van der Waals surface area contributed by atoms with Crippen LogP contribution in [0.25, 0.3) is 0 Å². The van der Waals surface area contributed by atoms with Crippen LogP contribution in [0.1, 0.15) is 0 Å². The third-order valence-corrected chi connectivity index (χ3v) is 1.81. The summed E-state index contributed by atoms with van der Waals surface area (Å²) in [6, 6.07) is 0. The number of rotatable bonds is 2. The van der Waals surface area contributed by atoms with Gasteiger partial charge in [0, 0.05) is 0 Å². The number of carboxylic acid groups (broad SMARTS) is 1. The summed E-state index contributed by atoms with van der Waals surface area (Å²) < 4.78 is 1.24. The van der Waals surface area contributed by atoms with Crippen molar-refractivity contribution < 1.29 is 9.90 Å². The summed E-state index contributed by atoms with van der Waals surface area (Å²) in [6.07, 6.45) is 1.28. The zero-order chi connectivity index (χ0) is 8.43. The van der Waals surface area contributed by atoms with E-state index in [0.717, 1.165) is 0 Å². The number of nitrogens with zero attached hydrogens (tertiary/aromatic N) is 2. The topological polar surface area (TPSA) is 55.1 Å². The lowest BCUT2D eigenvalue weighted by Crippen LogP contribution is -2.07. The second-order valence-electron chi connectivity index (χ2n) is 1.85. The van der Waals surface area contributed by atoms with Gasteiger partial charge in [-0.25, -0.2) is 4.98 Å². The van der Waals surface area contributed by atoms with Gasteiger partial charge in [-0.05, 0) is 0 Å². The average Bonchev–Trinajstić information content (AvgIpc) is 2.18. The van der Waals surface area contributed by atoms with Gasteiger partial charge in [-0.2, -0.15) is 0 Å². The average molecular weight is 231 g/mol. The van der Waals surface area contributed by atoms with Crippen molar-refractivity contribution in [2.45, 2.75) is 6.54 Å². The van der Waals surface area contributed by atoms with Crippen molar-refractivity contribution in [3.63, 3.8) is 0 Å². The van der Waals surface area contributed by atoms with E-state index in [4.69, 9.17) is 28.3 Å². The molecule has 7 heteroatoms. The highest BCUT2D eigenvalue weighted by atomic mass is 35.5. The van der Waals surface area contributed by atoms with Crippen LogP contribution in [0.15, 0.2) is 6.33 Å². The van der Waals surface area contributed by atoms with E-state index >= 15 is 0 Å². The molecule has 0 amide bonds. The molecule has 0 aliphatic rings. The fourth-order valence-corrected chi connectivity index (χ4v) is 0.903. The standard InChI is InChI=1S/C5H4Cl2N2O2.ClH/c6-4-5(7)9(2-8-4)1-3(10)11;/h2H,1H2,(H,10,11);1H. The maximum absolute atomic E-state index is 10.2. The highest BCUT2D eigenvalue weighted by Gasteiger charge is 2.07. The summed E-state index contributed by atoms with van der Waals surface area (Å²) in [5.74, 6) is -0.985. The van der Waals surface area contributed by atoms with Gasteiger partial charge in [0.15, 0.2) is 5.15 Å². The van der Waals surface area contributed by atoms with Gasteiger partial charge in [0.05, 0.1) is 6.33 Å². The van der Waals surface area contributed by atoms with E-state index < -0.39 is 5.97 Å². The Morgan fingerprint density at radius 1 is 1.67 bits per heavy atom. The van der Waals surface area contributed by atoms with Crippen LogP contribution in [-0.4, -0.2) is 20.6 Å². The van der Waals surface area contributed by atoms with Crippen LogP contribution in [0.5, 0.6) is 0 Å². The van der Waals surface area contributed by atoms with Crippen molar-refractivity contribution in [2.24, 2.45) is 0 Å². The normalized spacial score (nSPS) is 9.17. The number of aliphatic carboxylic acids is 1. The molecule has 0 unspecified atom stereocenters. The number of hydrogen-bond donors (Lipinski definition) is 1. The molecule has 4 nitrogen and oxygen atoms in total. The highest BCUT2D eigenvalue weighted by molar-refractivity contribution is 6.40. The molecule has 0 fully saturated rings. The van der Waals surface area contributed by atoms with Gasteiger partial charge in [-0.15, -0.1) is 12.4 Å². The van der Waals surface area contributed by atoms with E-state index in [1.807, 2.05) is 0 Å². The minimum Gasteiger partial charge on any atom is -0.480 e. The molecular weight excluding hydrogens is 226 g/mol. The predicted octanol–water partition coefficient (Wildman–Crippen LogP) is 1.70. The molecule has 1 rings (SSSR count). The van der Waals surface area contributed by atoms with E-state index in [1.165, 1.54) is 10.9 Å². The van der Waals surface area contributed by atoms with Crippen molar-refractivity contribution in [3.8, 4) is 0 Å². The van der Waals surface area contributed by atoms with E-state index in [0.29, 0.717) is 0 Å². The summed E-state index contributed by atoms with van der Waals surface area (Å²) in [4.78, 5) is 13.8. The second kappa shape index (κ2) is 4.54. The number of carboxylic acids is 1. The molecule has 1 aromatic heterocycles. The Balaban J connectivity index is 0.00000121. The van der Waals surface area contributed by atoms with Crippen LogP contribution < -0.4 is 0 Å². The molecule has 0 bridgehead atoms. The van der Waals surface area contributed by atoms with Gasteiger partial charge in [-0.3, -0.25) is 4.79 Å². The molecule has 0 aromatic carbocycles. The molecule has 0 atom stereocenters. The van der Waals surface area contributed by atoms with Crippen LogP contribution in [-0.2, 0) is 11.3 Å². The summed E-state index contributed by atoms with van der Waals surface area (Å²) in [6.45, 7) is -0.224. The highest BCUT2D eigenvalue weighted by Crippen LogP contribution is 2.18. The number of halogens is 3. The van der Waals surface area contributed by atoms with Crippen molar-refractivity contribution in [1.29, 1.82) is 0 Å². The SMILES string of the molecule is Cl.O=C(O)Cn1cnc(Cl)c1Cl. The molecule has 12 heavy (non-hydrogen) atoms. The maximum atomic E-state index is 10.2. The minimum absolute atomic E-state index is 0. The van der Waals surface area contributed by atoms with Gasteiger partial charge in [0.25, 0.3) is 0 Å². The molecule has 0 aliphatic carbocycles. The first-order valence-corrected chi connectivity index (χ1v) is 3.45. The third kappa shape index (κ3) is 2.55. The van der Waals surface area contributed by atoms with Gasteiger partial charge in [0.1, 0.15) is 11.7 Å². The Labute approximate surface area is 84.5 Å². The fraction of sp³-hybridized carbons (Fsp3) is 0.200. The molecule has 1 N–H and O–H groups in total. The number of hydrogen-bond acceptors (Lipinski definition) is 2. The number of aromatic nitrogens is 2. The molecular formula is C5H5Cl3N2O2. The first-order valence-electron chi connectivity index (χ1n) is 2.69. The fourth-order valence-electron chi connectivity index (χ4n) is 0.599. The second-order valence-corrected chi connectivity index (χ2v) is 2.56. The molecule has 0 saturated carbocycles. The number of carbonyl (C=O) groups is 1. The monoisotopic (exact) mass is 230 g/mol. The quantitative estimate of drug-likeness (QED) is 0.843. The van der Waals surface area contributed by atoms with Crippen LogP contribution >= 0.6 is 35.6 Å². The van der Waals surface area contributed by atoms with E-state index in [9.17, 15) is 4.79 Å². The molecule has 1 heterocycles. The van der Waals surface area contributed by atoms with Crippen molar-refractivity contribution in [1.82, 2.24) is 9.55 Å². The van der Waals surface area contributed by atoms with E-state index in [2.05, 4.69) is 4.98 Å². The molecule has 0 aliphatic heterocycles. The Kier molecular flexibility index (Phi) is 4.37. The van der Waals surface area contributed by atoms with Gasteiger partial charge in [-0.1, -0.05) is 23.2 Å². The Morgan fingerprint density at radius 2 is 2.25 bits per heavy atom. The molecule has 1 aromatic rings. The van der Waals surface area contributed by atoms with Gasteiger partial charge in [0.2, 0.25) is 0 Å². The van der Waals surface area contributed by atoms with Crippen LogP contribution in [0.4, 0.5) is 0 Å². The van der Waals surface area contributed by atoms with Crippen LogP contribution in [0.3, 0.4) is 0 Å². The smallest absolute Gasteiger partial charge is 0.323 e. The molecule has 68 valence electrons. The summed E-state index contributed by atoms with van der Waals surface area (Å²) in [5.41, 5.74) is 0. The van der Waals surface area contributed by atoms with Gasteiger partial charge < -0.3 is 9.67 Å². The van der Waals surface area contributed by atoms with Crippen LogP contribution in [0.2, 0.25) is 10.3 Å². The summed E-state index contributed by atoms with van der Waals surface area (Å²) in [5, 5.41) is 8.62. The molecule has 0 radical (unpaired) electrons. The lowest BCUT2D eigenvalue weighted by atomic mass is 10.6. The summed E-state index contributed by atoms with van der Waals surface area (Å²) >= 11 is 11.0. The number of imidazole rings is 1. The third-order valence-electron chi connectivity index (χ3n) is 1.04. The lowest BCUT2D eigenvalue weighted by Gasteiger charge is -1.96. The van der Waals surface area contributed by atoms with E-state index in [-0.39, 0.29) is 29.3 Å².